The number of para-hydroxylation sites is 2. The van der Waals surface area contributed by atoms with Gasteiger partial charge in [-0.3, -0.25) is 9.59 Å². The van der Waals surface area contributed by atoms with Crippen LogP contribution in [-0.2, 0) is 14.3 Å². The molecule has 3 aromatic rings. The Kier molecular flexibility index (Phi) is 8.34. The summed E-state index contributed by atoms with van der Waals surface area (Å²) in [6.07, 6.45) is 0. The van der Waals surface area contributed by atoms with E-state index in [2.05, 4.69) is 5.32 Å². The number of halogens is 1. The number of amides is 2. The van der Waals surface area contributed by atoms with Crippen molar-refractivity contribution in [3.8, 4) is 5.75 Å². The summed E-state index contributed by atoms with van der Waals surface area (Å²) in [6.45, 7) is 0.980. The molecule has 0 saturated carbocycles. The molecular formula is C26H25FN2O5. The highest BCUT2D eigenvalue weighted by Gasteiger charge is 2.21. The standard InChI is InChI=1S/C26H25FN2O5/c1-18(19-10-4-3-5-11-19)29(2)25(31)17-34-26(32)20-12-6-9-15-23(20)33-16-24(30)28-22-14-8-7-13-21(22)27/h3-15,18H,16-17H2,1-2H3,(H,28,30). The number of ether oxygens (including phenoxy) is 2. The summed E-state index contributed by atoms with van der Waals surface area (Å²) in [4.78, 5) is 38.7. The lowest BCUT2D eigenvalue weighted by molar-refractivity contribution is -0.135. The van der Waals surface area contributed by atoms with Crippen LogP contribution in [0.15, 0.2) is 78.9 Å². The fraction of sp³-hybridized carbons (Fsp3) is 0.192. The van der Waals surface area contributed by atoms with Crippen molar-refractivity contribution in [3.63, 3.8) is 0 Å². The highest BCUT2D eigenvalue weighted by Crippen LogP contribution is 2.21. The molecule has 2 amide bonds. The summed E-state index contributed by atoms with van der Waals surface area (Å²) in [6, 6.07) is 21.2. The van der Waals surface area contributed by atoms with Crippen molar-refractivity contribution < 1.29 is 28.2 Å². The molecule has 34 heavy (non-hydrogen) atoms. The third kappa shape index (κ3) is 6.41. The van der Waals surface area contributed by atoms with E-state index in [4.69, 9.17) is 9.47 Å². The highest BCUT2D eigenvalue weighted by molar-refractivity contribution is 5.95. The maximum absolute atomic E-state index is 13.7. The molecule has 8 heteroatoms. The van der Waals surface area contributed by atoms with Gasteiger partial charge in [-0.25, -0.2) is 9.18 Å². The second-order valence-electron chi connectivity index (χ2n) is 7.48. The van der Waals surface area contributed by atoms with Crippen molar-refractivity contribution in [2.75, 3.05) is 25.6 Å². The number of carbonyl (C=O) groups is 3. The van der Waals surface area contributed by atoms with E-state index in [9.17, 15) is 18.8 Å². The van der Waals surface area contributed by atoms with Crippen LogP contribution in [-0.4, -0.2) is 42.9 Å². The summed E-state index contributed by atoms with van der Waals surface area (Å²) in [5, 5.41) is 2.40. The minimum absolute atomic E-state index is 0.0242. The Hall–Kier alpha value is -4.20. The predicted octanol–water partition coefficient (Wildman–Crippen LogP) is 4.22. The molecule has 0 aromatic heterocycles. The Balaban J connectivity index is 1.56. The van der Waals surface area contributed by atoms with Gasteiger partial charge in [0.15, 0.2) is 13.2 Å². The first-order valence-electron chi connectivity index (χ1n) is 10.6. The Morgan fingerprint density at radius 1 is 0.912 bits per heavy atom. The van der Waals surface area contributed by atoms with Gasteiger partial charge in [-0.15, -0.1) is 0 Å². The number of nitrogens with one attached hydrogen (secondary N) is 1. The molecule has 0 aliphatic carbocycles. The first-order valence-corrected chi connectivity index (χ1v) is 10.6. The Labute approximate surface area is 197 Å². The lowest BCUT2D eigenvalue weighted by Gasteiger charge is -2.25. The number of likely N-dealkylation sites (N-methyl/N-ethyl adjacent to an activating group) is 1. The van der Waals surface area contributed by atoms with Crippen LogP contribution < -0.4 is 10.1 Å². The van der Waals surface area contributed by atoms with Gasteiger partial charge in [0.1, 0.15) is 17.1 Å². The van der Waals surface area contributed by atoms with Crippen LogP contribution in [0.25, 0.3) is 0 Å². The molecule has 1 unspecified atom stereocenters. The van der Waals surface area contributed by atoms with Gasteiger partial charge < -0.3 is 19.7 Å². The lowest BCUT2D eigenvalue weighted by Crippen LogP contribution is -2.33. The maximum Gasteiger partial charge on any atom is 0.342 e. The van der Waals surface area contributed by atoms with Crippen LogP contribution in [0, 0.1) is 5.82 Å². The molecule has 0 bridgehead atoms. The topological polar surface area (TPSA) is 84.9 Å². The molecule has 7 nitrogen and oxygen atoms in total. The molecule has 0 aliphatic rings. The fourth-order valence-corrected chi connectivity index (χ4v) is 3.13. The van der Waals surface area contributed by atoms with Gasteiger partial charge in [0.25, 0.3) is 11.8 Å². The molecule has 0 heterocycles. The number of benzene rings is 3. The molecule has 0 fully saturated rings. The minimum atomic E-state index is -0.765. The molecule has 0 spiro atoms. The smallest absolute Gasteiger partial charge is 0.342 e. The minimum Gasteiger partial charge on any atom is -0.483 e. The van der Waals surface area contributed by atoms with E-state index in [1.807, 2.05) is 37.3 Å². The predicted molar refractivity (Wildman–Crippen MR) is 125 cm³/mol. The Bertz CT molecular complexity index is 1150. The number of nitrogens with zero attached hydrogens (tertiary/aromatic N) is 1. The zero-order valence-electron chi connectivity index (χ0n) is 18.9. The molecule has 176 valence electrons. The van der Waals surface area contributed by atoms with Gasteiger partial charge in [-0.05, 0) is 36.8 Å². The van der Waals surface area contributed by atoms with Crippen LogP contribution in [0.5, 0.6) is 5.75 Å². The fourth-order valence-electron chi connectivity index (χ4n) is 3.13. The van der Waals surface area contributed by atoms with Gasteiger partial charge in [-0.2, -0.15) is 0 Å². The van der Waals surface area contributed by atoms with E-state index in [1.165, 1.54) is 35.2 Å². The van der Waals surface area contributed by atoms with E-state index in [0.29, 0.717) is 0 Å². The Morgan fingerprint density at radius 3 is 2.29 bits per heavy atom. The van der Waals surface area contributed by atoms with Crippen LogP contribution in [0.2, 0.25) is 0 Å². The van der Waals surface area contributed by atoms with Gasteiger partial charge >= 0.3 is 5.97 Å². The van der Waals surface area contributed by atoms with Gasteiger partial charge in [0, 0.05) is 7.05 Å². The van der Waals surface area contributed by atoms with Crippen molar-refractivity contribution >= 4 is 23.5 Å². The second-order valence-corrected chi connectivity index (χ2v) is 7.48. The third-order valence-corrected chi connectivity index (χ3v) is 5.20. The number of anilines is 1. The molecule has 1 atom stereocenters. The quantitative estimate of drug-likeness (QED) is 0.480. The zero-order chi connectivity index (χ0) is 24.5. The first-order chi connectivity index (χ1) is 16.4. The summed E-state index contributed by atoms with van der Waals surface area (Å²) in [5.41, 5.74) is 1.04. The molecular weight excluding hydrogens is 439 g/mol. The summed E-state index contributed by atoms with van der Waals surface area (Å²) in [7, 11) is 1.64. The van der Waals surface area contributed by atoms with Crippen LogP contribution in [0.4, 0.5) is 10.1 Å². The molecule has 1 N–H and O–H groups in total. The van der Waals surface area contributed by atoms with Crippen molar-refractivity contribution in [2.24, 2.45) is 0 Å². The van der Waals surface area contributed by atoms with Crippen LogP contribution >= 0.6 is 0 Å². The van der Waals surface area contributed by atoms with Crippen molar-refractivity contribution in [1.82, 2.24) is 4.90 Å². The van der Waals surface area contributed by atoms with Crippen LogP contribution in [0.1, 0.15) is 28.9 Å². The van der Waals surface area contributed by atoms with Crippen molar-refractivity contribution in [2.45, 2.75) is 13.0 Å². The summed E-state index contributed by atoms with van der Waals surface area (Å²) < 4.78 is 24.3. The molecule has 3 aromatic carbocycles. The van der Waals surface area contributed by atoms with E-state index in [0.717, 1.165) is 5.56 Å². The number of hydrogen-bond donors (Lipinski definition) is 1. The lowest BCUT2D eigenvalue weighted by atomic mass is 10.1. The van der Waals surface area contributed by atoms with Gasteiger partial charge in [0.2, 0.25) is 0 Å². The zero-order valence-corrected chi connectivity index (χ0v) is 18.9. The van der Waals surface area contributed by atoms with Crippen molar-refractivity contribution in [3.05, 3.63) is 95.8 Å². The number of carbonyl (C=O) groups excluding carboxylic acids is 3. The van der Waals surface area contributed by atoms with E-state index in [-0.39, 0.29) is 28.9 Å². The number of esters is 1. The normalized spacial score (nSPS) is 11.3. The third-order valence-electron chi connectivity index (χ3n) is 5.20. The number of hydrogen-bond acceptors (Lipinski definition) is 5. The van der Waals surface area contributed by atoms with Crippen molar-refractivity contribution in [1.29, 1.82) is 0 Å². The SMILES string of the molecule is CC(c1ccccc1)N(C)C(=O)COC(=O)c1ccccc1OCC(=O)Nc1ccccc1F. The van der Waals surface area contributed by atoms with Crippen LogP contribution in [0.3, 0.4) is 0 Å². The highest BCUT2D eigenvalue weighted by atomic mass is 19.1. The number of rotatable bonds is 9. The monoisotopic (exact) mass is 464 g/mol. The largest absolute Gasteiger partial charge is 0.483 e. The Morgan fingerprint density at radius 2 is 1.56 bits per heavy atom. The summed E-state index contributed by atoms with van der Waals surface area (Å²) >= 11 is 0. The molecule has 0 saturated heterocycles. The molecule has 0 aliphatic heterocycles. The first kappa shape index (κ1) is 24.4. The van der Waals surface area contributed by atoms with Gasteiger partial charge in [0.05, 0.1) is 11.7 Å². The molecule has 0 radical (unpaired) electrons. The van der Waals surface area contributed by atoms with Gasteiger partial charge in [-0.1, -0.05) is 54.6 Å². The second kappa shape index (κ2) is 11.6. The maximum atomic E-state index is 13.7. The van der Waals surface area contributed by atoms with E-state index >= 15 is 0 Å². The summed E-state index contributed by atoms with van der Waals surface area (Å²) in [5.74, 6) is -2.20. The average molecular weight is 464 g/mol. The van der Waals surface area contributed by atoms with E-state index in [1.54, 1.807) is 25.2 Å². The average Bonchev–Trinajstić information content (AvgIpc) is 2.87. The molecule has 3 rings (SSSR count). The van der Waals surface area contributed by atoms with E-state index < -0.39 is 30.9 Å².